The van der Waals surface area contributed by atoms with Gasteiger partial charge in [-0.2, -0.15) is 0 Å². The summed E-state index contributed by atoms with van der Waals surface area (Å²) in [6, 6.07) is 1.63. The Hall–Kier alpha value is -2.10. The van der Waals surface area contributed by atoms with Crippen molar-refractivity contribution in [3.05, 3.63) is 22.1 Å². The van der Waals surface area contributed by atoms with E-state index in [1.165, 1.54) is 13.8 Å². The summed E-state index contributed by atoms with van der Waals surface area (Å²) in [6.45, 7) is 7.69. The molecule has 124 valence electrons. The lowest BCUT2D eigenvalue weighted by atomic mass is 10.0. The third-order valence-corrected chi connectivity index (χ3v) is 3.76. The quantitative estimate of drug-likeness (QED) is 0.460. The molecule has 0 unspecified atom stereocenters. The second-order valence-corrected chi connectivity index (χ2v) is 6.25. The number of carbonyl (C=O) groups is 2. The van der Waals surface area contributed by atoms with E-state index in [1.807, 2.05) is 6.08 Å². The monoisotopic (exact) mass is 316 g/mol. The molecule has 2 rings (SSSR count). The zero-order valence-electron chi connectivity index (χ0n) is 14.3. The summed E-state index contributed by atoms with van der Waals surface area (Å²) in [4.78, 5) is 23.4. The molecule has 4 heteroatoms. The molecule has 0 spiro atoms. The fraction of sp³-hybridized carbons (Fsp3) is 0.474. The van der Waals surface area contributed by atoms with Gasteiger partial charge in [-0.3, -0.25) is 9.59 Å². The Morgan fingerprint density at radius 1 is 1.13 bits per heavy atom. The van der Waals surface area contributed by atoms with Gasteiger partial charge in [0.25, 0.3) is 0 Å². The van der Waals surface area contributed by atoms with Crippen LogP contribution in [-0.2, 0) is 4.79 Å². The van der Waals surface area contributed by atoms with Gasteiger partial charge in [-0.05, 0) is 38.2 Å². The Morgan fingerprint density at radius 3 is 2.35 bits per heavy atom. The fourth-order valence-corrected chi connectivity index (χ4v) is 2.60. The summed E-state index contributed by atoms with van der Waals surface area (Å²) in [5.41, 5.74) is 0.468. The minimum absolute atomic E-state index is 0.0975. The van der Waals surface area contributed by atoms with Crippen molar-refractivity contribution in [3.63, 3.8) is 0 Å². The first-order valence-electron chi connectivity index (χ1n) is 8.09. The number of ether oxygens (including phenoxy) is 2. The summed E-state index contributed by atoms with van der Waals surface area (Å²) >= 11 is 0. The van der Waals surface area contributed by atoms with Gasteiger partial charge in [0.05, 0.1) is 12.2 Å². The smallest absolute Gasteiger partial charge is 0.308 e. The number of rotatable bonds is 6. The first kappa shape index (κ1) is 17.3. The van der Waals surface area contributed by atoms with Crippen LogP contribution in [0.15, 0.2) is 6.07 Å². The summed E-state index contributed by atoms with van der Waals surface area (Å²) in [7, 11) is 0. The number of ketones is 1. The van der Waals surface area contributed by atoms with Crippen LogP contribution < -0.4 is 19.9 Å². The number of hydrogen-bond acceptors (Lipinski definition) is 4. The molecule has 1 aliphatic carbocycles. The minimum atomic E-state index is -0.394. The van der Waals surface area contributed by atoms with Gasteiger partial charge in [0, 0.05) is 17.4 Å². The average Bonchev–Trinajstić information content (AvgIpc) is 2.48. The zero-order valence-corrected chi connectivity index (χ0v) is 14.3. The van der Waals surface area contributed by atoms with Crippen LogP contribution in [0, 0.1) is 5.92 Å². The van der Waals surface area contributed by atoms with Crippen molar-refractivity contribution >= 4 is 23.9 Å². The maximum Gasteiger partial charge on any atom is 0.308 e. The summed E-state index contributed by atoms with van der Waals surface area (Å²) < 4.78 is 11.3. The van der Waals surface area contributed by atoms with Crippen LogP contribution in [0.2, 0.25) is 0 Å². The highest BCUT2D eigenvalue weighted by molar-refractivity contribution is 5.97. The summed E-state index contributed by atoms with van der Waals surface area (Å²) in [5.74, 6) is 1.08. The molecule has 1 aromatic carbocycles. The second kappa shape index (κ2) is 7.44. The lowest BCUT2D eigenvalue weighted by Crippen LogP contribution is -2.33. The van der Waals surface area contributed by atoms with E-state index in [2.05, 4.69) is 19.9 Å². The lowest BCUT2D eigenvalue weighted by Gasteiger charge is -2.16. The highest BCUT2D eigenvalue weighted by Crippen LogP contribution is 2.20. The molecule has 0 N–H and O–H groups in total. The maximum absolute atomic E-state index is 12.0. The van der Waals surface area contributed by atoms with Crippen molar-refractivity contribution in [2.45, 2.75) is 47.0 Å². The number of esters is 1. The minimum Gasteiger partial charge on any atom is -0.492 e. The summed E-state index contributed by atoms with van der Waals surface area (Å²) in [6.07, 6.45) is 6.77. The molecular formula is C19H24O4. The van der Waals surface area contributed by atoms with E-state index in [1.54, 1.807) is 6.07 Å². The Kier molecular flexibility index (Phi) is 5.59. The van der Waals surface area contributed by atoms with Gasteiger partial charge >= 0.3 is 5.97 Å². The van der Waals surface area contributed by atoms with Crippen LogP contribution in [0.3, 0.4) is 0 Å². The molecule has 0 aromatic heterocycles. The summed E-state index contributed by atoms with van der Waals surface area (Å²) in [5, 5.41) is 1.71. The molecular weight excluding hydrogens is 292 g/mol. The number of Topliss-reactive ketones (excluding diaryl/α,β-unsaturated/α-hetero) is 1. The van der Waals surface area contributed by atoms with E-state index < -0.39 is 5.97 Å². The molecule has 0 bridgehead atoms. The third kappa shape index (κ3) is 4.21. The maximum atomic E-state index is 12.0. The number of benzene rings is 1. The van der Waals surface area contributed by atoms with E-state index in [-0.39, 0.29) is 5.78 Å². The van der Waals surface area contributed by atoms with Crippen LogP contribution in [0.1, 0.15) is 57.3 Å². The number of fused-ring (bicyclic) bond motifs is 1. The highest BCUT2D eigenvalue weighted by atomic mass is 16.5. The van der Waals surface area contributed by atoms with E-state index in [9.17, 15) is 9.59 Å². The van der Waals surface area contributed by atoms with Gasteiger partial charge in [-0.1, -0.05) is 26.0 Å². The van der Waals surface area contributed by atoms with E-state index in [4.69, 9.17) is 9.47 Å². The largest absolute Gasteiger partial charge is 0.492 e. The van der Waals surface area contributed by atoms with Crippen LogP contribution >= 0.6 is 0 Å². The normalized spacial score (nSPS) is 12.9. The van der Waals surface area contributed by atoms with Gasteiger partial charge in [0.15, 0.2) is 5.78 Å². The second-order valence-electron chi connectivity index (χ2n) is 6.25. The molecule has 0 radical (unpaired) electrons. The van der Waals surface area contributed by atoms with E-state index in [0.29, 0.717) is 29.6 Å². The molecule has 0 atom stereocenters. The van der Waals surface area contributed by atoms with Crippen LogP contribution in [0.5, 0.6) is 11.5 Å². The van der Waals surface area contributed by atoms with Gasteiger partial charge < -0.3 is 9.47 Å². The molecule has 23 heavy (non-hydrogen) atoms. The van der Waals surface area contributed by atoms with Crippen molar-refractivity contribution in [1.29, 1.82) is 0 Å². The Bertz CT molecular complexity index is 729. The fourth-order valence-electron chi connectivity index (χ4n) is 2.60. The molecule has 0 amide bonds. The van der Waals surface area contributed by atoms with Gasteiger partial charge in [0.1, 0.15) is 11.5 Å². The first-order valence-corrected chi connectivity index (χ1v) is 8.09. The highest BCUT2D eigenvalue weighted by Gasteiger charge is 2.17. The molecule has 4 nitrogen and oxygen atoms in total. The van der Waals surface area contributed by atoms with Crippen LogP contribution in [0.4, 0.5) is 0 Å². The lowest BCUT2D eigenvalue weighted by molar-refractivity contribution is -0.131. The number of hydrogen-bond donors (Lipinski definition) is 0. The van der Waals surface area contributed by atoms with Crippen molar-refractivity contribution in [3.8, 4) is 11.5 Å². The topological polar surface area (TPSA) is 52.6 Å². The molecule has 1 aliphatic rings. The van der Waals surface area contributed by atoms with Gasteiger partial charge in [-0.15, -0.1) is 0 Å². The van der Waals surface area contributed by atoms with E-state index >= 15 is 0 Å². The molecule has 0 fully saturated rings. The number of carbonyl (C=O) groups excluding carboxylic acids is 2. The first-order chi connectivity index (χ1) is 10.9. The molecule has 0 heterocycles. The Balaban J connectivity index is 2.56. The third-order valence-electron chi connectivity index (χ3n) is 3.76. The van der Waals surface area contributed by atoms with Crippen molar-refractivity contribution in [2.24, 2.45) is 5.92 Å². The van der Waals surface area contributed by atoms with Gasteiger partial charge in [-0.25, -0.2) is 0 Å². The van der Waals surface area contributed by atoms with Crippen LogP contribution in [-0.4, -0.2) is 18.4 Å². The standard InChI is InChI=1S/C19H24O4/c1-12(2)9-10-22-19-16-8-6-5-7-15(16)18(23-14(4)21)11-17(19)13(3)20/h7-8,11-12H,5-6,9-10H2,1-4H3. The van der Waals surface area contributed by atoms with Crippen molar-refractivity contribution < 1.29 is 19.1 Å². The molecule has 0 saturated carbocycles. The van der Waals surface area contributed by atoms with Gasteiger partial charge in [0.2, 0.25) is 0 Å². The molecule has 0 aliphatic heterocycles. The molecule has 0 saturated heterocycles. The van der Waals surface area contributed by atoms with Crippen LogP contribution in [0.25, 0.3) is 12.2 Å². The SMILES string of the molecule is CC(=O)Oc1cc(C(C)=O)c(OCCC(C)C)c2c1=CCCC=2. The molecule has 1 aromatic rings. The zero-order chi connectivity index (χ0) is 17.0. The Labute approximate surface area is 136 Å². The Morgan fingerprint density at radius 2 is 1.78 bits per heavy atom. The van der Waals surface area contributed by atoms with Crippen molar-refractivity contribution in [1.82, 2.24) is 0 Å². The average molecular weight is 316 g/mol. The predicted octanol–water partition coefficient (Wildman–Crippen LogP) is 2.59. The predicted molar refractivity (Wildman–Crippen MR) is 90.1 cm³/mol. The van der Waals surface area contributed by atoms with Crippen molar-refractivity contribution in [2.75, 3.05) is 6.61 Å². The van der Waals surface area contributed by atoms with E-state index in [0.717, 1.165) is 29.7 Å².